The van der Waals surface area contributed by atoms with Crippen LogP contribution in [0.5, 0.6) is 5.75 Å². The first kappa shape index (κ1) is 10.0. The molecular formula is C8H10O4S. The van der Waals surface area contributed by atoms with Gasteiger partial charge in [0.15, 0.2) is 0 Å². The number of hydrogen-bond acceptors (Lipinski definition) is 4. The smallest absolute Gasteiger partial charge is 0.264 e. The van der Waals surface area contributed by atoms with Crippen LogP contribution in [0.1, 0.15) is 5.56 Å². The molecule has 0 aromatic heterocycles. The van der Waals surface area contributed by atoms with Crippen LogP contribution in [0, 0.1) is 0 Å². The summed E-state index contributed by atoms with van der Waals surface area (Å²) in [5.74, 6) is 0.0335. The molecule has 0 saturated heterocycles. The highest BCUT2D eigenvalue weighted by molar-refractivity contribution is 7.85. The molecule has 0 saturated carbocycles. The minimum Gasteiger partial charge on any atom is -0.508 e. The minimum absolute atomic E-state index is 0.0335. The Morgan fingerprint density at radius 3 is 2.54 bits per heavy atom. The number of hydrogen-bond donors (Lipinski definition) is 1. The van der Waals surface area contributed by atoms with Crippen LogP contribution < -0.4 is 0 Å². The SMILES string of the molecule is CS(=O)(=O)OCc1ccccc1O. The molecule has 0 fully saturated rings. The number of rotatable bonds is 3. The van der Waals surface area contributed by atoms with Gasteiger partial charge in [-0.05, 0) is 6.07 Å². The van der Waals surface area contributed by atoms with E-state index in [1.165, 1.54) is 6.07 Å². The molecule has 0 unspecified atom stereocenters. The topological polar surface area (TPSA) is 63.6 Å². The van der Waals surface area contributed by atoms with Gasteiger partial charge in [-0.25, -0.2) is 0 Å². The van der Waals surface area contributed by atoms with Gasteiger partial charge in [-0.15, -0.1) is 0 Å². The van der Waals surface area contributed by atoms with Crippen LogP contribution in [0.2, 0.25) is 0 Å². The Bertz CT molecular complexity index is 383. The fourth-order valence-electron chi connectivity index (χ4n) is 0.803. The summed E-state index contributed by atoms with van der Waals surface area (Å²) in [7, 11) is -3.45. The summed E-state index contributed by atoms with van der Waals surface area (Å²) in [6, 6.07) is 6.42. The third-order valence-corrected chi connectivity index (χ3v) is 1.97. The maximum atomic E-state index is 10.6. The van der Waals surface area contributed by atoms with Crippen molar-refractivity contribution in [2.24, 2.45) is 0 Å². The van der Waals surface area contributed by atoms with Crippen molar-refractivity contribution < 1.29 is 17.7 Å². The molecule has 72 valence electrons. The van der Waals surface area contributed by atoms with Crippen LogP contribution in [0.4, 0.5) is 0 Å². The van der Waals surface area contributed by atoms with Gasteiger partial charge in [-0.2, -0.15) is 8.42 Å². The van der Waals surface area contributed by atoms with E-state index in [0.29, 0.717) is 5.56 Å². The second-order valence-corrected chi connectivity index (χ2v) is 4.24. The second kappa shape index (κ2) is 3.76. The van der Waals surface area contributed by atoms with E-state index in [1.807, 2.05) is 0 Å². The standard InChI is InChI=1S/C8H10O4S/c1-13(10,11)12-6-7-4-2-3-5-8(7)9/h2-5,9H,6H2,1H3. The molecule has 0 amide bonds. The predicted molar refractivity (Wildman–Crippen MR) is 47.7 cm³/mol. The van der Waals surface area contributed by atoms with Gasteiger partial charge in [-0.1, -0.05) is 18.2 Å². The van der Waals surface area contributed by atoms with Crippen LogP contribution in [0.3, 0.4) is 0 Å². The van der Waals surface area contributed by atoms with Crippen LogP contribution in [-0.2, 0) is 20.9 Å². The Labute approximate surface area is 76.9 Å². The highest BCUT2D eigenvalue weighted by atomic mass is 32.2. The average molecular weight is 202 g/mol. The molecule has 1 aromatic carbocycles. The zero-order valence-electron chi connectivity index (χ0n) is 7.10. The first-order valence-electron chi connectivity index (χ1n) is 3.60. The fraction of sp³-hybridized carbons (Fsp3) is 0.250. The van der Waals surface area contributed by atoms with Gasteiger partial charge < -0.3 is 5.11 Å². The lowest BCUT2D eigenvalue weighted by Crippen LogP contribution is -2.02. The van der Waals surface area contributed by atoms with E-state index < -0.39 is 10.1 Å². The van der Waals surface area contributed by atoms with E-state index in [0.717, 1.165) is 6.26 Å². The molecule has 0 aliphatic rings. The third-order valence-electron chi connectivity index (χ3n) is 1.42. The Kier molecular flexibility index (Phi) is 2.90. The number of benzene rings is 1. The highest BCUT2D eigenvalue weighted by Crippen LogP contribution is 2.16. The summed E-state index contributed by atoms with van der Waals surface area (Å²) in [5, 5.41) is 9.23. The van der Waals surface area contributed by atoms with E-state index in [9.17, 15) is 13.5 Å². The van der Waals surface area contributed by atoms with E-state index in [1.54, 1.807) is 18.2 Å². The zero-order chi connectivity index (χ0) is 9.90. The maximum absolute atomic E-state index is 10.6. The number of aromatic hydroxyl groups is 1. The van der Waals surface area contributed by atoms with Crippen molar-refractivity contribution in [3.8, 4) is 5.75 Å². The first-order chi connectivity index (χ1) is 5.99. The molecule has 13 heavy (non-hydrogen) atoms. The van der Waals surface area contributed by atoms with E-state index in [-0.39, 0.29) is 12.4 Å². The van der Waals surface area contributed by atoms with Crippen molar-refractivity contribution in [2.75, 3.05) is 6.26 Å². The molecular weight excluding hydrogens is 192 g/mol. The summed E-state index contributed by atoms with van der Waals surface area (Å²) < 4.78 is 25.7. The lowest BCUT2D eigenvalue weighted by molar-refractivity contribution is 0.305. The number of phenols is 1. The highest BCUT2D eigenvalue weighted by Gasteiger charge is 2.04. The van der Waals surface area contributed by atoms with Crippen molar-refractivity contribution in [1.29, 1.82) is 0 Å². The second-order valence-electron chi connectivity index (χ2n) is 2.60. The van der Waals surface area contributed by atoms with Gasteiger partial charge in [0.1, 0.15) is 5.75 Å². The van der Waals surface area contributed by atoms with Crippen LogP contribution in [0.15, 0.2) is 24.3 Å². The predicted octanol–water partition coefficient (Wildman–Crippen LogP) is 0.868. The molecule has 0 radical (unpaired) electrons. The summed E-state index contributed by atoms with van der Waals surface area (Å²) in [5.41, 5.74) is 0.452. The largest absolute Gasteiger partial charge is 0.508 e. The quantitative estimate of drug-likeness (QED) is 0.738. The number of para-hydroxylation sites is 1. The van der Waals surface area contributed by atoms with Gasteiger partial charge in [0.05, 0.1) is 12.9 Å². The van der Waals surface area contributed by atoms with Crippen molar-refractivity contribution in [3.05, 3.63) is 29.8 Å². The molecule has 5 heteroatoms. The molecule has 4 nitrogen and oxygen atoms in total. The molecule has 0 aliphatic carbocycles. The van der Waals surface area contributed by atoms with E-state index in [4.69, 9.17) is 0 Å². The molecule has 0 atom stereocenters. The summed E-state index contributed by atoms with van der Waals surface area (Å²) in [4.78, 5) is 0. The van der Waals surface area contributed by atoms with Crippen molar-refractivity contribution in [3.63, 3.8) is 0 Å². The fourth-order valence-corrected chi connectivity index (χ4v) is 1.14. The van der Waals surface area contributed by atoms with Crippen molar-refractivity contribution >= 4 is 10.1 Å². The molecule has 1 aromatic rings. The Morgan fingerprint density at radius 1 is 1.38 bits per heavy atom. The van der Waals surface area contributed by atoms with Gasteiger partial charge >= 0.3 is 0 Å². The van der Waals surface area contributed by atoms with Crippen LogP contribution >= 0.6 is 0 Å². The lowest BCUT2D eigenvalue weighted by Gasteiger charge is -2.02. The zero-order valence-corrected chi connectivity index (χ0v) is 7.91. The summed E-state index contributed by atoms with van der Waals surface area (Å²) >= 11 is 0. The molecule has 0 spiro atoms. The number of phenolic OH excluding ortho intramolecular Hbond substituents is 1. The van der Waals surface area contributed by atoms with E-state index in [2.05, 4.69) is 4.18 Å². The van der Waals surface area contributed by atoms with Crippen LogP contribution in [0.25, 0.3) is 0 Å². The minimum atomic E-state index is -3.45. The normalized spacial score (nSPS) is 11.5. The maximum Gasteiger partial charge on any atom is 0.264 e. The van der Waals surface area contributed by atoms with Gasteiger partial charge in [0.25, 0.3) is 10.1 Å². The lowest BCUT2D eigenvalue weighted by atomic mass is 10.2. The first-order valence-corrected chi connectivity index (χ1v) is 5.42. The van der Waals surface area contributed by atoms with Gasteiger partial charge in [0.2, 0.25) is 0 Å². The van der Waals surface area contributed by atoms with Crippen molar-refractivity contribution in [2.45, 2.75) is 6.61 Å². The van der Waals surface area contributed by atoms with Gasteiger partial charge in [0, 0.05) is 5.56 Å². The molecule has 1 rings (SSSR count). The van der Waals surface area contributed by atoms with E-state index >= 15 is 0 Å². The third kappa shape index (κ3) is 3.43. The summed E-state index contributed by atoms with van der Waals surface area (Å²) in [6.45, 7) is -0.133. The Morgan fingerprint density at radius 2 is 2.00 bits per heavy atom. The molecule has 0 heterocycles. The van der Waals surface area contributed by atoms with Crippen LogP contribution in [-0.4, -0.2) is 19.8 Å². The monoisotopic (exact) mass is 202 g/mol. The average Bonchev–Trinajstić information content (AvgIpc) is 2.01. The molecule has 0 aliphatic heterocycles. The molecule has 1 N–H and O–H groups in total. The molecule has 0 bridgehead atoms. The Hall–Kier alpha value is -1.07. The Balaban J connectivity index is 2.71. The van der Waals surface area contributed by atoms with Gasteiger partial charge in [-0.3, -0.25) is 4.18 Å². The van der Waals surface area contributed by atoms with Crippen molar-refractivity contribution in [1.82, 2.24) is 0 Å². The summed E-state index contributed by atoms with van der Waals surface area (Å²) in [6.07, 6.45) is 0.965.